The molecular formula is C25H24N2O2. The number of nitrogens with zero attached hydrogens (tertiary/aromatic N) is 2. The van der Waals surface area contributed by atoms with Gasteiger partial charge in [0.25, 0.3) is 0 Å². The third-order valence-electron chi connectivity index (χ3n) is 5.90. The van der Waals surface area contributed by atoms with Crippen LogP contribution < -0.4 is 9.64 Å². The molecule has 0 bridgehead atoms. The molecule has 3 aromatic rings. The minimum Gasteiger partial charge on any atom is -0.453 e. The first kappa shape index (κ1) is 18.0. The van der Waals surface area contributed by atoms with E-state index < -0.39 is 0 Å². The summed E-state index contributed by atoms with van der Waals surface area (Å²) in [6.07, 6.45) is 3.06. The van der Waals surface area contributed by atoms with E-state index in [0.29, 0.717) is 11.6 Å². The van der Waals surface area contributed by atoms with Crippen LogP contribution in [0.5, 0.6) is 11.5 Å². The lowest BCUT2D eigenvalue weighted by Gasteiger charge is -2.42. The fourth-order valence-corrected chi connectivity index (χ4v) is 4.45. The van der Waals surface area contributed by atoms with Gasteiger partial charge in [0.15, 0.2) is 11.5 Å². The van der Waals surface area contributed by atoms with Crippen molar-refractivity contribution in [2.75, 3.05) is 18.0 Å². The second-order valence-corrected chi connectivity index (χ2v) is 7.78. The minimum atomic E-state index is 0.410. The Morgan fingerprint density at radius 1 is 0.862 bits per heavy atom. The molecule has 1 saturated heterocycles. The Balaban J connectivity index is 1.39. The van der Waals surface area contributed by atoms with Crippen LogP contribution in [0.25, 0.3) is 0 Å². The zero-order chi connectivity index (χ0) is 19.6. The number of carbonyl (C=O) groups is 1. The summed E-state index contributed by atoms with van der Waals surface area (Å²) in [6.45, 7) is 3.15. The van der Waals surface area contributed by atoms with Gasteiger partial charge in [-0.1, -0.05) is 42.5 Å². The molecule has 2 heterocycles. The average Bonchev–Trinajstić information content (AvgIpc) is 2.78. The molecular weight excluding hydrogens is 360 g/mol. The van der Waals surface area contributed by atoms with Gasteiger partial charge in [-0.25, -0.2) is 0 Å². The van der Waals surface area contributed by atoms with Crippen LogP contribution in [0.3, 0.4) is 0 Å². The van der Waals surface area contributed by atoms with Crippen molar-refractivity contribution >= 4 is 17.7 Å². The third kappa shape index (κ3) is 3.52. The highest BCUT2D eigenvalue weighted by Crippen LogP contribution is 2.48. The number of hydrogen-bond donors (Lipinski definition) is 0. The molecule has 0 saturated carbocycles. The molecule has 0 aliphatic carbocycles. The largest absolute Gasteiger partial charge is 0.453 e. The van der Waals surface area contributed by atoms with E-state index in [9.17, 15) is 4.79 Å². The van der Waals surface area contributed by atoms with E-state index in [2.05, 4.69) is 52.3 Å². The predicted octanol–water partition coefficient (Wildman–Crippen LogP) is 5.41. The summed E-state index contributed by atoms with van der Waals surface area (Å²) in [6, 6.07) is 25.0. The van der Waals surface area contributed by atoms with Crippen molar-refractivity contribution in [3.8, 4) is 11.5 Å². The van der Waals surface area contributed by atoms with Gasteiger partial charge in [0.05, 0.1) is 11.4 Å². The Kier molecular flexibility index (Phi) is 4.78. The van der Waals surface area contributed by atoms with Crippen molar-refractivity contribution in [2.45, 2.75) is 25.4 Å². The normalized spacial score (nSPS) is 16.6. The second-order valence-electron chi connectivity index (χ2n) is 7.78. The van der Waals surface area contributed by atoms with Gasteiger partial charge in [-0.3, -0.25) is 9.69 Å². The monoisotopic (exact) mass is 384 g/mol. The summed E-state index contributed by atoms with van der Waals surface area (Å²) in [5.41, 5.74) is 4.17. The third-order valence-corrected chi connectivity index (χ3v) is 5.90. The van der Waals surface area contributed by atoms with Crippen LogP contribution in [0, 0.1) is 0 Å². The Bertz CT molecular complexity index is 1010. The van der Waals surface area contributed by atoms with Crippen molar-refractivity contribution < 1.29 is 9.53 Å². The lowest BCUT2D eigenvalue weighted by atomic mass is 9.99. The first-order valence-corrected chi connectivity index (χ1v) is 10.2. The van der Waals surface area contributed by atoms with E-state index in [1.807, 2.05) is 30.3 Å². The lowest BCUT2D eigenvalue weighted by molar-refractivity contribution is 0.112. The molecule has 5 rings (SSSR count). The standard InChI is InChI=1S/C25H24N2O2/c28-18-20-10-11-23-25(16-20)29-24-9-5-4-8-22(24)27(23)21-12-14-26(15-13-21)17-19-6-2-1-3-7-19/h1-11,16,18,21H,12-15,17H2. The molecule has 2 aliphatic heterocycles. The number of likely N-dealkylation sites (tertiary alicyclic amines) is 1. The maximum Gasteiger partial charge on any atom is 0.151 e. The number of hydrogen-bond acceptors (Lipinski definition) is 4. The number of carbonyl (C=O) groups excluding carboxylic acids is 1. The highest BCUT2D eigenvalue weighted by atomic mass is 16.5. The molecule has 0 aromatic heterocycles. The van der Waals surface area contributed by atoms with Gasteiger partial charge in [0, 0.05) is 31.2 Å². The Hall–Kier alpha value is -3.11. The van der Waals surface area contributed by atoms with Gasteiger partial charge in [0.1, 0.15) is 6.29 Å². The molecule has 0 unspecified atom stereocenters. The number of ether oxygens (including phenoxy) is 1. The van der Waals surface area contributed by atoms with Crippen LogP contribution in [0.15, 0.2) is 72.8 Å². The number of para-hydroxylation sites is 2. The van der Waals surface area contributed by atoms with Gasteiger partial charge in [-0.15, -0.1) is 0 Å². The van der Waals surface area contributed by atoms with Crippen LogP contribution in [0.1, 0.15) is 28.8 Å². The molecule has 0 N–H and O–H groups in total. The Labute approximate surface area is 171 Å². The second kappa shape index (κ2) is 7.72. The van der Waals surface area contributed by atoms with Crippen LogP contribution in [0.2, 0.25) is 0 Å². The van der Waals surface area contributed by atoms with E-state index >= 15 is 0 Å². The highest BCUT2D eigenvalue weighted by molar-refractivity contribution is 5.83. The SMILES string of the molecule is O=Cc1ccc2c(c1)Oc1ccccc1N2C1CCN(Cc2ccccc2)CC1. The highest BCUT2D eigenvalue weighted by Gasteiger charge is 2.32. The van der Waals surface area contributed by atoms with Gasteiger partial charge >= 0.3 is 0 Å². The van der Waals surface area contributed by atoms with Crippen molar-refractivity contribution in [3.05, 3.63) is 83.9 Å². The molecule has 4 nitrogen and oxygen atoms in total. The van der Waals surface area contributed by atoms with Gasteiger partial charge < -0.3 is 9.64 Å². The molecule has 4 heteroatoms. The molecule has 0 atom stereocenters. The Morgan fingerprint density at radius 3 is 2.38 bits per heavy atom. The number of piperidine rings is 1. The summed E-state index contributed by atoms with van der Waals surface area (Å²) in [5, 5.41) is 0. The molecule has 1 fully saturated rings. The molecule has 0 amide bonds. The summed E-state index contributed by atoms with van der Waals surface area (Å²) in [5.74, 6) is 1.62. The molecule has 146 valence electrons. The molecule has 0 spiro atoms. The number of fused-ring (bicyclic) bond motifs is 2. The number of benzene rings is 3. The predicted molar refractivity (Wildman–Crippen MR) is 115 cm³/mol. The van der Waals surface area contributed by atoms with Crippen molar-refractivity contribution in [1.82, 2.24) is 4.90 Å². The smallest absolute Gasteiger partial charge is 0.151 e. The molecule has 29 heavy (non-hydrogen) atoms. The summed E-state index contributed by atoms with van der Waals surface area (Å²) in [7, 11) is 0. The zero-order valence-corrected chi connectivity index (χ0v) is 16.3. The van der Waals surface area contributed by atoms with Crippen LogP contribution in [0.4, 0.5) is 11.4 Å². The first-order chi connectivity index (χ1) is 14.3. The van der Waals surface area contributed by atoms with E-state index in [-0.39, 0.29) is 0 Å². The number of aldehydes is 1. The van der Waals surface area contributed by atoms with Crippen LogP contribution >= 0.6 is 0 Å². The topological polar surface area (TPSA) is 32.8 Å². The fraction of sp³-hybridized carbons (Fsp3) is 0.240. The number of anilines is 2. The van der Waals surface area contributed by atoms with Crippen molar-refractivity contribution in [2.24, 2.45) is 0 Å². The Morgan fingerprint density at radius 2 is 1.59 bits per heavy atom. The zero-order valence-electron chi connectivity index (χ0n) is 16.3. The van der Waals surface area contributed by atoms with E-state index in [0.717, 1.165) is 61.6 Å². The molecule has 0 radical (unpaired) electrons. The summed E-state index contributed by atoms with van der Waals surface area (Å²) in [4.78, 5) is 16.2. The summed E-state index contributed by atoms with van der Waals surface area (Å²) < 4.78 is 6.13. The van der Waals surface area contributed by atoms with Gasteiger partial charge in [-0.05, 0) is 48.7 Å². The van der Waals surface area contributed by atoms with E-state index in [1.165, 1.54) is 5.56 Å². The lowest BCUT2D eigenvalue weighted by Crippen LogP contribution is -2.43. The first-order valence-electron chi connectivity index (χ1n) is 10.2. The minimum absolute atomic E-state index is 0.410. The maximum absolute atomic E-state index is 11.2. The van der Waals surface area contributed by atoms with Gasteiger partial charge in [-0.2, -0.15) is 0 Å². The van der Waals surface area contributed by atoms with Crippen molar-refractivity contribution in [1.29, 1.82) is 0 Å². The van der Waals surface area contributed by atoms with Crippen molar-refractivity contribution in [3.63, 3.8) is 0 Å². The molecule has 3 aromatic carbocycles. The van der Waals surface area contributed by atoms with E-state index in [4.69, 9.17) is 4.74 Å². The average molecular weight is 384 g/mol. The quantitative estimate of drug-likeness (QED) is 0.563. The van der Waals surface area contributed by atoms with Crippen LogP contribution in [-0.2, 0) is 6.54 Å². The van der Waals surface area contributed by atoms with Crippen LogP contribution in [-0.4, -0.2) is 30.3 Å². The van der Waals surface area contributed by atoms with Gasteiger partial charge in [0.2, 0.25) is 0 Å². The summed E-state index contributed by atoms with van der Waals surface area (Å²) >= 11 is 0. The number of rotatable bonds is 4. The molecule has 2 aliphatic rings. The van der Waals surface area contributed by atoms with E-state index in [1.54, 1.807) is 0 Å². The fourth-order valence-electron chi connectivity index (χ4n) is 4.45. The maximum atomic E-state index is 11.2.